The first kappa shape index (κ1) is 26.8. The van der Waals surface area contributed by atoms with E-state index in [0.29, 0.717) is 48.1 Å². The molecule has 1 N–H and O–H groups in total. The largest absolute Gasteiger partial charge is 0.491 e. The van der Waals surface area contributed by atoms with Crippen molar-refractivity contribution in [3.63, 3.8) is 0 Å². The number of benzene rings is 2. The fourth-order valence-electron chi connectivity index (χ4n) is 4.03. The van der Waals surface area contributed by atoms with Crippen LogP contribution in [0.1, 0.15) is 44.7 Å². The fourth-order valence-corrected chi connectivity index (χ4v) is 5.95. The number of nitrogens with zero attached hydrogens (tertiary/aromatic N) is 1. The summed E-state index contributed by atoms with van der Waals surface area (Å²) in [4.78, 5) is 12.7. The number of rotatable bonds is 8. The van der Waals surface area contributed by atoms with Crippen LogP contribution in [0.4, 0.5) is 0 Å². The summed E-state index contributed by atoms with van der Waals surface area (Å²) in [6.45, 7) is 7.64. The number of amides is 1. The first-order valence-electron chi connectivity index (χ1n) is 11.4. The highest BCUT2D eigenvalue weighted by atomic mass is 35.5. The number of hydrogen-bond donors (Lipinski definition) is 1. The van der Waals surface area contributed by atoms with Gasteiger partial charge in [-0.2, -0.15) is 0 Å². The molecule has 1 saturated heterocycles. The van der Waals surface area contributed by atoms with Crippen LogP contribution in [0.25, 0.3) is 0 Å². The Labute approximate surface area is 212 Å². The number of ether oxygens (including phenoxy) is 1. The van der Waals surface area contributed by atoms with E-state index in [0.717, 1.165) is 11.3 Å². The van der Waals surface area contributed by atoms with Crippen molar-refractivity contribution in [1.82, 2.24) is 9.62 Å². The lowest BCUT2D eigenvalue weighted by molar-refractivity contribution is -0.126. The first-order chi connectivity index (χ1) is 16.0. The van der Waals surface area contributed by atoms with Crippen molar-refractivity contribution >= 4 is 39.1 Å². The molecule has 1 aliphatic rings. The van der Waals surface area contributed by atoms with Gasteiger partial charge in [0.15, 0.2) is 0 Å². The minimum absolute atomic E-state index is 0.0474. The van der Waals surface area contributed by atoms with E-state index < -0.39 is 10.0 Å². The molecule has 186 valence electrons. The van der Waals surface area contributed by atoms with Gasteiger partial charge in [0, 0.05) is 13.1 Å². The molecule has 0 spiro atoms. The second-order valence-electron chi connectivity index (χ2n) is 9.59. The van der Waals surface area contributed by atoms with Crippen LogP contribution in [-0.2, 0) is 26.0 Å². The minimum atomic E-state index is -3.59. The van der Waals surface area contributed by atoms with Crippen LogP contribution in [-0.4, -0.2) is 44.9 Å². The molecule has 0 aromatic heterocycles. The lowest BCUT2D eigenvalue weighted by Crippen LogP contribution is -2.46. The lowest BCUT2D eigenvalue weighted by Gasteiger charge is -2.31. The van der Waals surface area contributed by atoms with Gasteiger partial charge >= 0.3 is 0 Å². The van der Waals surface area contributed by atoms with Gasteiger partial charge in [-0.1, -0.05) is 68.2 Å². The molecule has 0 aliphatic carbocycles. The molecule has 0 saturated carbocycles. The highest BCUT2D eigenvalue weighted by molar-refractivity contribution is 7.88. The molecular formula is C25H32Cl2N2O4S. The van der Waals surface area contributed by atoms with Gasteiger partial charge in [0.1, 0.15) is 12.4 Å². The number of carbonyl (C=O) groups excluding carboxylic acids is 1. The summed E-state index contributed by atoms with van der Waals surface area (Å²) < 4.78 is 33.2. The Bertz CT molecular complexity index is 1120. The molecule has 1 fully saturated rings. The molecule has 9 heteroatoms. The second kappa shape index (κ2) is 11.3. The molecule has 1 aliphatic heterocycles. The monoisotopic (exact) mass is 526 g/mol. The summed E-state index contributed by atoms with van der Waals surface area (Å²) in [6.07, 6.45) is 1.28. The van der Waals surface area contributed by atoms with Gasteiger partial charge in [-0.05, 0) is 47.6 Å². The Kier molecular flexibility index (Phi) is 8.90. The van der Waals surface area contributed by atoms with Crippen LogP contribution in [0, 0.1) is 5.92 Å². The summed E-state index contributed by atoms with van der Waals surface area (Å²) >= 11 is 11.9. The smallest absolute Gasteiger partial charge is 0.224 e. The molecule has 1 unspecified atom stereocenters. The molecule has 6 nitrogen and oxygen atoms in total. The molecule has 0 bridgehead atoms. The Morgan fingerprint density at radius 3 is 2.59 bits per heavy atom. The van der Waals surface area contributed by atoms with Crippen molar-refractivity contribution in [1.29, 1.82) is 0 Å². The number of sulfonamides is 1. The molecule has 1 atom stereocenters. The van der Waals surface area contributed by atoms with Crippen LogP contribution in [0.3, 0.4) is 0 Å². The van der Waals surface area contributed by atoms with E-state index >= 15 is 0 Å². The SMILES string of the molecule is CC(C)(C)c1ccccc1OCCNC(=O)C1CCCN(S(=O)(=O)Cc2ccc(Cl)c(Cl)c2)C1. The summed E-state index contributed by atoms with van der Waals surface area (Å²) in [6, 6.07) is 12.7. The zero-order chi connectivity index (χ0) is 24.9. The van der Waals surface area contributed by atoms with Crippen LogP contribution in [0.15, 0.2) is 42.5 Å². The van der Waals surface area contributed by atoms with Crippen LogP contribution >= 0.6 is 23.2 Å². The highest BCUT2D eigenvalue weighted by Gasteiger charge is 2.32. The third kappa shape index (κ3) is 7.11. The van der Waals surface area contributed by atoms with Crippen molar-refractivity contribution in [2.24, 2.45) is 5.92 Å². The number of para-hydroxylation sites is 1. The topological polar surface area (TPSA) is 75.7 Å². The number of halogens is 2. The molecule has 2 aromatic rings. The van der Waals surface area contributed by atoms with E-state index in [1.807, 2.05) is 24.3 Å². The maximum absolute atomic E-state index is 12.9. The van der Waals surface area contributed by atoms with Crippen molar-refractivity contribution < 1.29 is 17.9 Å². The molecule has 3 rings (SSSR count). The predicted molar refractivity (Wildman–Crippen MR) is 137 cm³/mol. The Hall–Kier alpha value is -1.80. The van der Waals surface area contributed by atoms with E-state index in [2.05, 4.69) is 26.1 Å². The standard InChI is InChI=1S/C25H32Cl2N2O4S/c1-25(2,3)20-8-4-5-9-23(20)33-14-12-28-24(30)19-7-6-13-29(16-19)34(31,32)17-18-10-11-21(26)22(27)15-18/h4-5,8-11,15,19H,6-7,12-14,16-17H2,1-3H3,(H,28,30). The Balaban J connectivity index is 1.52. The summed E-state index contributed by atoms with van der Waals surface area (Å²) in [5, 5.41) is 3.59. The molecule has 0 radical (unpaired) electrons. The fraction of sp³-hybridized carbons (Fsp3) is 0.480. The summed E-state index contributed by atoms with van der Waals surface area (Å²) in [7, 11) is -3.59. The van der Waals surface area contributed by atoms with Crippen molar-refractivity contribution in [3.05, 3.63) is 63.6 Å². The quantitative estimate of drug-likeness (QED) is 0.489. The molecule has 2 aromatic carbocycles. The lowest BCUT2D eigenvalue weighted by atomic mass is 9.86. The first-order valence-corrected chi connectivity index (χ1v) is 13.8. The molecule has 34 heavy (non-hydrogen) atoms. The predicted octanol–water partition coefficient (Wildman–Crippen LogP) is 5.03. The normalized spacial score (nSPS) is 17.4. The van der Waals surface area contributed by atoms with Gasteiger partial charge in [0.2, 0.25) is 15.9 Å². The number of carbonyl (C=O) groups is 1. The third-order valence-electron chi connectivity index (χ3n) is 5.84. The van der Waals surface area contributed by atoms with E-state index in [9.17, 15) is 13.2 Å². The second-order valence-corrected chi connectivity index (χ2v) is 12.4. The molecular weight excluding hydrogens is 495 g/mol. The maximum atomic E-state index is 12.9. The summed E-state index contributed by atoms with van der Waals surface area (Å²) in [5.74, 6) is 0.0852. The van der Waals surface area contributed by atoms with E-state index in [1.54, 1.807) is 18.2 Å². The van der Waals surface area contributed by atoms with Crippen molar-refractivity contribution in [2.45, 2.75) is 44.8 Å². The van der Waals surface area contributed by atoms with Crippen LogP contribution in [0.5, 0.6) is 5.75 Å². The van der Waals surface area contributed by atoms with Gasteiger partial charge in [-0.25, -0.2) is 12.7 Å². The number of nitrogens with one attached hydrogen (secondary N) is 1. The Morgan fingerprint density at radius 1 is 1.15 bits per heavy atom. The van der Waals surface area contributed by atoms with Crippen molar-refractivity contribution in [2.75, 3.05) is 26.2 Å². The van der Waals surface area contributed by atoms with E-state index in [-0.39, 0.29) is 29.5 Å². The van der Waals surface area contributed by atoms with E-state index in [4.69, 9.17) is 27.9 Å². The average Bonchev–Trinajstić information content (AvgIpc) is 2.78. The zero-order valence-corrected chi connectivity index (χ0v) is 22.1. The molecule has 1 heterocycles. The number of hydrogen-bond acceptors (Lipinski definition) is 4. The number of piperidine rings is 1. The third-order valence-corrected chi connectivity index (χ3v) is 8.39. The Morgan fingerprint density at radius 2 is 1.88 bits per heavy atom. The van der Waals surface area contributed by atoms with E-state index in [1.165, 1.54) is 4.31 Å². The van der Waals surface area contributed by atoms with Crippen LogP contribution < -0.4 is 10.1 Å². The van der Waals surface area contributed by atoms with Gasteiger partial charge in [0.05, 0.1) is 28.3 Å². The van der Waals surface area contributed by atoms with Gasteiger partial charge in [-0.15, -0.1) is 0 Å². The average molecular weight is 528 g/mol. The highest BCUT2D eigenvalue weighted by Crippen LogP contribution is 2.31. The van der Waals surface area contributed by atoms with Gasteiger partial charge in [-0.3, -0.25) is 4.79 Å². The maximum Gasteiger partial charge on any atom is 0.224 e. The minimum Gasteiger partial charge on any atom is -0.491 e. The molecule has 1 amide bonds. The van der Waals surface area contributed by atoms with Gasteiger partial charge < -0.3 is 10.1 Å². The van der Waals surface area contributed by atoms with Crippen LogP contribution in [0.2, 0.25) is 10.0 Å². The zero-order valence-electron chi connectivity index (χ0n) is 19.8. The van der Waals surface area contributed by atoms with Crippen molar-refractivity contribution in [3.8, 4) is 5.75 Å². The van der Waals surface area contributed by atoms with Gasteiger partial charge in [0.25, 0.3) is 0 Å². The summed E-state index contributed by atoms with van der Waals surface area (Å²) in [5.41, 5.74) is 1.62.